The number of aromatic nitrogens is 2. The number of aryl methyl sites for hydroxylation is 2. The van der Waals surface area contributed by atoms with Crippen LogP contribution in [0.25, 0.3) is 21.5 Å². The van der Waals surface area contributed by atoms with Crippen LogP contribution in [0.2, 0.25) is 0 Å². The van der Waals surface area contributed by atoms with E-state index < -0.39 is 0 Å². The van der Waals surface area contributed by atoms with Gasteiger partial charge in [0.15, 0.2) is 0 Å². The van der Waals surface area contributed by atoms with Crippen molar-refractivity contribution in [3.63, 3.8) is 0 Å². The molecule has 1 amide bonds. The standard InChI is InChI=1S/C22H26N4OS.C2H6/c1-12(2)18-19(15-5-13(3)24-14(4)6-15)25-16-7-17(28-20(16)18)21(27)26-10-22(11-26)8-23-9-22;1-2/h5-7,12,23,25H,8-11H2,1-4H3;1-2H3. The fourth-order valence-electron chi connectivity index (χ4n) is 4.63. The van der Waals surface area contributed by atoms with Crippen LogP contribution in [-0.4, -0.2) is 47.0 Å². The molecule has 3 aromatic heterocycles. The number of fused-ring (bicyclic) bond motifs is 1. The van der Waals surface area contributed by atoms with E-state index in [0.29, 0.717) is 11.3 Å². The van der Waals surface area contributed by atoms with Gasteiger partial charge in [-0.25, -0.2) is 0 Å². The van der Waals surface area contributed by atoms with Crippen LogP contribution in [0.5, 0.6) is 0 Å². The van der Waals surface area contributed by atoms with Gasteiger partial charge in [-0.2, -0.15) is 0 Å². The highest BCUT2D eigenvalue weighted by Gasteiger charge is 2.49. The molecule has 0 aliphatic carbocycles. The summed E-state index contributed by atoms with van der Waals surface area (Å²) in [5.74, 6) is 0.548. The van der Waals surface area contributed by atoms with E-state index in [1.807, 2.05) is 38.7 Å². The third kappa shape index (κ3) is 3.46. The number of carbonyl (C=O) groups excluding carboxylic acids is 1. The predicted molar refractivity (Wildman–Crippen MR) is 126 cm³/mol. The molecule has 1 spiro atoms. The Bertz CT molecular complexity index is 1060. The molecule has 5 rings (SSSR count). The van der Waals surface area contributed by atoms with Gasteiger partial charge in [-0.1, -0.05) is 27.7 Å². The van der Waals surface area contributed by atoms with E-state index in [-0.39, 0.29) is 5.91 Å². The largest absolute Gasteiger partial charge is 0.354 e. The van der Waals surface area contributed by atoms with Crippen molar-refractivity contribution in [2.75, 3.05) is 26.2 Å². The predicted octanol–water partition coefficient (Wildman–Crippen LogP) is 5.10. The number of nitrogens with one attached hydrogen (secondary N) is 2. The maximum absolute atomic E-state index is 12.9. The Kier molecular flexibility index (Phi) is 5.49. The van der Waals surface area contributed by atoms with E-state index in [1.54, 1.807) is 11.3 Å². The Hall–Kier alpha value is -2.18. The minimum atomic E-state index is 0.180. The van der Waals surface area contributed by atoms with E-state index >= 15 is 0 Å². The van der Waals surface area contributed by atoms with Gasteiger partial charge in [0.2, 0.25) is 0 Å². The van der Waals surface area contributed by atoms with Gasteiger partial charge in [0.05, 0.1) is 20.8 Å². The molecule has 2 fully saturated rings. The Morgan fingerprint density at radius 1 is 1.13 bits per heavy atom. The average Bonchev–Trinajstić information content (AvgIpc) is 3.17. The van der Waals surface area contributed by atoms with Gasteiger partial charge < -0.3 is 15.2 Å². The van der Waals surface area contributed by atoms with E-state index in [2.05, 4.69) is 41.3 Å². The van der Waals surface area contributed by atoms with Crippen LogP contribution in [-0.2, 0) is 0 Å². The summed E-state index contributed by atoms with van der Waals surface area (Å²) in [6, 6.07) is 6.31. The monoisotopic (exact) mass is 424 g/mol. The third-order valence-corrected chi connectivity index (χ3v) is 7.16. The molecule has 2 aliphatic rings. The molecule has 2 saturated heterocycles. The Morgan fingerprint density at radius 2 is 1.77 bits per heavy atom. The zero-order valence-electron chi connectivity index (χ0n) is 18.8. The van der Waals surface area contributed by atoms with Crippen LogP contribution in [0.15, 0.2) is 18.2 Å². The SMILES string of the molecule is CC.Cc1cc(-c2[nH]c3cc(C(=O)N4CC5(CNC5)C4)sc3c2C(C)C)cc(C)n1. The highest BCUT2D eigenvalue weighted by atomic mass is 32.1. The number of hydrogen-bond donors (Lipinski definition) is 2. The van der Waals surface area contributed by atoms with Crippen LogP contribution >= 0.6 is 11.3 Å². The molecule has 0 saturated carbocycles. The zero-order chi connectivity index (χ0) is 21.6. The lowest BCUT2D eigenvalue weighted by molar-refractivity contribution is -0.0245. The minimum absolute atomic E-state index is 0.180. The van der Waals surface area contributed by atoms with E-state index in [1.165, 1.54) is 15.8 Å². The molecule has 3 aromatic rings. The van der Waals surface area contributed by atoms with Crippen LogP contribution in [0.3, 0.4) is 0 Å². The molecule has 0 unspecified atom stereocenters. The molecule has 0 bridgehead atoms. The van der Waals surface area contributed by atoms with Crippen molar-refractivity contribution in [1.82, 2.24) is 20.2 Å². The van der Waals surface area contributed by atoms with Crippen molar-refractivity contribution in [2.45, 2.75) is 47.5 Å². The second-order valence-electron chi connectivity index (χ2n) is 8.83. The summed E-state index contributed by atoms with van der Waals surface area (Å²) in [6.45, 7) is 16.4. The Morgan fingerprint density at radius 3 is 2.30 bits per heavy atom. The second-order valence-corrected chi connectivity index (χ2v) is 9.88. The topological polar surface area (TPSA) is 61.0 Å². The van der Waals surface area contributed by atoms with Crippen molar-refractivity contribution in [3.05, 3.63) is 40.0 Å². The molecular formula is C24H32N4OS. The molecule has 5 heterocycles. The molecule has 5 nitrogen and oxygen atoms in total. The van der Waals surface area contributed by atoms with Gasteiger partial charge >= 0.3 is 0 Å². The molecule has 2 aliphatic heterocycles. The smallest absolute Gasteiger partial charge is 0.264 e. The summed E-state index contributed by atoms with van der Waals surface area (Å²) in [5.41, 5.74) is 7.11. The number of likely N-dealkylation sites (tertiary alicyclic amines) is 1. The lowest BCUT2D eigenvalue weighted by Crippen LogP contribution is -2.71. The second kappa shape index (κ2) is 7.82. The first-order valence-electron chi connectivity index (χ1n) is 11.0. The highest BCUT2D eigenvalue weighted by Crippen LogP contribution is 2.41. The summed E-state index contributed by atoms with van der Waals surface area (Å²) >= 11 is 1.63. The first kappa shape index (κ1) is 21.1. The van der Waals surface area contributed by atoms with Crippen molar-refractivity contribution in [3.8, 4) is 11.3 Å². The number of carbonyl (C=O) groups is 1. The molecule has 30 heavy (non-hydrogen) atoms. The summed E-state index contributed by atoms with van der Waals surface area (Å²) in [7, 11) is 0. The molecule has 160 valence electrons. The Labute approximate surface area is 182 Å². The number of amides is 1. The van der Waals surface area contributed by atoms with Crippen molar-refractivity contribution >= 4 is 27.5 Å². The molecule has 0 atom stereocenters. The first-order chi connectivity index (χ1) is 14.3. The average molecular weight is 425 g/mol. The number of thiophene rings is 1. The van der Waals surface area contributed by atoms with Gasteiger partial charge in [-0.15, -0.1) is 11.3 Å². The zero-order valence-corrected chi connectivity index (χ0v) is 19.7. The molecular weight excluding hydrogens is 392 g/mol. The van der Waals surface area contributed by atoms with E-state index in [0.717, 1.165) is 53.7 Å². The number of pyridine rings is 1. The summed E-state index contributed by atoms with van der Waals surface area (Å²) in [6.07, 6.45) is 0. The van der Waals surface area contributed by atoms with E-state index in [9.17, 15) is 4.79 Å². The lowest BCUT2D eigenvalue weighted by atomic mass is 9.74. The van der Waals surface area contributed by atoms with Gasteiger partial charge in [-0.3, -0.25) is 9.78 Å². The summed E-state index contributed by atoms with van der Waals surface area (Å²) in [4.78, 5) is 23.9. The maximum atomic E-state index is 12.9. The van der Waals surface area contributed by atoms with E-state index in [4.69, 9.17) is 0 Å². The quantitative estimate of drug-likeness (QED) is 0.615. The lowest BCUT2D eigenvalue weighted by Gasteiger charge is -2.55. The van der Waals surface area contributed by atoms with Crippen molar-refractivity contribution in [2.24, 2.45) is 5.41 Å². The number of hydrogen-bond acceptors (Lipinski definition) is 4. The maximum Gasteiger partial charge on any atom is 0.264 e. The number of nitrogens with zero attached hydrogens (tertiary/aromatic N) is 2. The molecule has 2 N–H and O–H groups in total. The van der Waals surface area contributed by atoms with Crippen LogP contribution in [0.4, 0.5) is 0 Å². The summed E-state index contributed by atoms with van der Waals surface area (Å²) < 4.78 is 1.21. The highest BCUT2D eigenvalue weighted by molar-refractivity contribution is 7.21. The molecule has 0 aromatic carbocycles. The normalized spacial score (nSPS) is 17.0. The molecule has 0 radical (unpaired) electrons. The fourth-order valence-corrected chi connectivity index (χ4v) is 5.91. The number of aromatic amines is 1. The number of H-pyrrole nitrogens is 1. The number of rotatable bonds is 3. The van der Waals surface area contributed by atoms with Gasteiger partial charge in [0, 0.05) is 48.5 Å². The minimum Gasteiger partial charge on any atom is -0.354 e. The van der Waals surface area contributed by atoms with Crippen LogP contribution < -0.4 is 5.32 Å². The fraction of sp³-hybridized carbons (Fsp3) is 0.500. The molecule has 6 heteroatoms. The van der Waals surface area contributed by atoms with Gasteiger partial charge in [-0.05, 0) is 43.5 Å². The van der Waals surface area contributed by atoms with Crippen LogP contribution in [0, 0.1) is 19.3 Å². The van der Waals surface area contributed by atoms with Crippen LogP contribution in [0.1, 0.15) is 60.2 Å². The first-order valence-corrected chi connectivity index (χ1v) is 11.8. The van der Waals surface area contributed by atoms with Gasteiger partial charge in [0.1, 0.15) is 0 Å². The third-order valence-electron chi connectivity index (χ3n) is 6.00. The Balaban J connectivity index is 0.00000106. The van der Waals surface area contributed by atoms with Crippen molar-refractivity contribution in [1.29, 1.82) is 0 Å². The summed E-state index contributed by atoms with van der Waals surface area (Å²) in [5, 5.41) is 3.33. The van der Waals surface area contributed by atoms with Crippen molar-refractivity contribution < 1.29 is 4.79 Å². The van der Waals surface area contributed by atoms with Gasteiger partial charge in [0.25, 0.3) is 5.91 Å².